The molecule has 110 valence electrons. The fraction of sp³-hybridized carbons (Fsp3) is 0.412. The zero-order valence-electron chi connectivity index (χ0n) is 12.5. The maximum atomic E-state index is 4.59. The SMILES string of the molecule is Cc1cc(Nc2ccccc2)nc(NC2CCCCC2)n1. The van der Waals surface area contributed by atoms with Gasteiger partial charge in [-0.1, -0.05) is 37.5 Å². The molecule has 2 aromatic rings. The number of rotatable bonds is 4. The number of hydrogen-bond acceptors (Lipinski definition) is 4. The Kier molecular flexibility index (Phi) is 4.34. The lowest BCUT2D eigenvalue weighted by Crippen LogP contribution is -2.23. The van der Waals surface area contributed by atoms with Crippen LogP contribution in [0.2, 0.25) is 0 Å². The molecule has 0 saturated heterocycles. The highest BCUT2D eigenvalue weighted by Gasteiger charge is 2.14. The van der Waals surface area contributed by atoms with E-state index in [-0.39, 0.29) is 0 Å². The second kappa shape index (κ2) is 6.57. The van der Waals surface area contributed by atoms with E-state index in [1.807, 2.05) is 43.3 Å². The molecule has 4 nitrogen and oxygen atoms in total. The van der Waals surface area contributed by atoms with Crippen molar-refractivity contribution in [3.63, 3.8) is 0 Å². The summed E-state index contributed by atoms with van der Waals surface area (Å²) >= 11 is 0. The van der Waals surface area contributed by atoms with Crippen LogP contribution in [0.4, 0.5) is 17.5 Å². The molecule has 0 atom stereocenters. The Hall–Kier alpha value is -2.10. The number of aromatic nitrogens is 2. The van der Waals surface area contributed by atoms with Gasteiger partial charge in [0.05, 0.1) is 0 Å². The van der Waals surface area contributed by atoms with E-state index in [4.69, 9.17) is 0 Å². The third-order valence-electron chi connectivity index (χ3n) is 3.84. The van der Waals surface area contributed by atoms with Crippen molar-refractivity contribution in [2.75, 3.05) is 10.6 Å². The Labute approximate surface area is 126 Å². The molecule has 0 unspecified atom stereocenters. The van der Waals surface area contributed by atoms with Crippen molar-refractivity contribution in [3.8, 4) is 0 Å². The maximum Gasteiger partial charge on any atom is 0.225 e. The zero-order chi connectivity index (χ0) is 14.5. The molecular weight excluding hydrogens is 260 g/mol. The molecule has 0 radical (unpaired) electrons. The van der Waals surface area contributed by atoms with E-state index in [1.54, 1.807) is 0 Å². The van der Waals surface area contributed by atoms with Gasteiger partial charge in [0, 0.05) is 23.5 Å². The molecule has 4 heteroatoms. The Morgan fingerprint density at radius 3 is 2.52 bits per heavy atom. The molecule has 1 heterocycles. The standard InChI is InChI=1S/C17H22N4/c1-13-12-16(19-14-8-4-2-5-9-14)21-17(18-13)20-15-10-6-3-7-11-15/h2,4-5,8-9,12,15H,3,6-7,10-11H2,1H3,(H2,18,19,20,21). The van der Waals surface area contributed by atoms with E-state index in [9.17, 15) is 0 Å². The van der Waals surface area contributed by atoms with Gasteiger partial charge in [-0.25, -0.2) is 4.98 Å². The predicted octanol–water partition coefficient (Wildman–Crippen LogP) is 4.27. The van der Waals surface area contributed by atoms with Crippen molar-refractivity contribution in [2.45, 2.75) is 45.1 Å². The second-order valence-corrected chi connectivity index (χ2v) is 5.69. The smallest absolute Gasteiger partial charge is 0.225 e. The van der Waals surface area contributed by atoms with Crippen LogP contribution in [0.1, 0.15) is 37.8 Å². The Bertz CT molecular complexity index is 577. The van der Waals surface area contributed by atoms with Crippen molar-refractivity contribution in [1.29, 1.82) is 0 Å². The van der Waals surface area contributed by atoms with Crippen molar-refractivity contribution < 1.29 is 0 Å². The lowest BCUT2D eigenvalue weighted by Gasteiger charge is -2.23. The fourth-order valence-electron chi connectivity index (χ4n) is 2.80. The average Bonchev–Trinajstić information content (AvgIpc) is 2.48. The highest BCUT2D eigenvalue weighted by molar-refractivity contribution is 5.57. The summed E-state index contributed by atoms with van der Waals surface area (Å²) in [6.07, 6.45) is 6.41. The van der Waals surface area contributed by atoms with Crippen LogP contribution in [-0.2, 0) is 0 Å². The minimum atomic E-state index is 0.519. The van der Waals surface area contributed by atoms with Crippen LogP contribution < -0.4 is 10.6 Å². The number of aryl methyl sites for hydroxylation is 1. The van der Waals surface area contributed by atoms with Gasteiger partial charge >= 0.3 is 0 Å². The first-order valence-electron chi connectivity index (χ1n) is 7.74. The van der Waals surface area contributed by atoms with Gasteiger partial charge in [-0.2, -0.15) is 4.98 Å². The van der Waals surface area contributed by atoms with E-state index in [2.05, 4.69) is 20.6 Å². The summed E-state index contributed by atoms with van der Waals surface area (Å²) in [6.45, 7) is 2.00. The van der Waals surface area contributed by atoms with Gasteiger partial charge in [-0.05, 0) is 31.9 Å². The highest BCUT2D eigenvalue weighted by Crippen LogP contribution is 2.22. The van der Waals surface area contributed by atoms with Gasteiger partial charge < -0.3 is 10.6 Å². The fourth-order valence-corrected chi connectivity index (χ4v) is 2.80. The number of nitrogens with one attached hydrogen (secondary N) is 2. The molecule has 3 rings (SSSR count). The predicted molar refractivity (Wildman–Crippen MR) is 87.0 cm³/mol. The third kappa shape index (κ3) is 3.94. The first-order chi connectivity index (χ1) is 10.3. The van der Waals surface area contributed by atoms with Crippen LogP contribution in [0.25, 0.3) is 0 Å². The van der Waals surface area contributed by atoms with Crippen LogP contribution in [0.5, 0.6) is 0 Å². The van der Waals surface area contributed by atoms with Crippen LogP contribution in [0.3, 0.4) is 0 Å². The molecule has 1 aromatic heterocycles. The van der Waals surface area contributed by atoms with Gasteiger partial charge in [0.15, 0.2) is 0 Å². The number of para-hydroxylation sites is 1. The molecule has 1 aliphatic rings. The van der Waals surface area contributed by atoms with E-state index < -0.39 is 0 Å². The van der Waals surface area contributed by atoms with Gasteiger partial charge in [0.2, 0.25) is 5.95 Å². The summed E-state index contributed by atoms with van der Waals surface area (Å²) < 4.78 is 0. The number of nitrogens with zero attached hydrogens (tertiary/aromatic N) is 2. The minimum absolute atomic E-state index is 0.519. The van der Waals surface area contributed by atoms with Crippen molar-refractivity contribution in [2.24, 2.45) is 0 Å². The Morgan fingerprint density at radius 1 is 1.00 bits per heavy atom. The Morgan fingerprint density at radius 2 is 1.76 bits per heavy atom. The highest BCUT2D eigenvalue weighted by atomic mass is 15.2. The average molecular weight is 282 g/mol. The molecule has 0 spiro atoms. The molecule has 0 amide bonds. The first-order valence-corrected chi connectivity index (χ1v) is 7.74. The molecule has 0 bridgehead atoms. The first kappa shape index (κ1) is 13.9. The summed E-state index contributed by atoms with van der Waals surface area (Å²) in [5.41, 5.74) is 2.01. The van der Waals surface area contributed by atoms with Gasteiger partial charge in [0.1, 0.15) is 5.82 Å². The summed E-state index contributed by atoms with van der Waals surface area (Å²) in [7, 11) is 0. The molecule has 1 fully saturated rings. The summed E-state index contributed by atoms with van der Waals surface area (Å²) in [5.74, 6) is 1.58. The van der Waals surface area contributed by atoms with Crippen LogP contribution in [-0.4, -0.2) is 16.0 Å². The lowest BCUT2D eigenvalue weighted by molar-refractivity contribution is 0.461. The molecule has 21 heavy (non-hydrogen) atoms. The van der Waals surface area contributed by atoms with E-state index in [1.165, 1.54) is 32.1 Å². The lowest BCUT2D eigenvalue weighted by atomic mass is 9.96. The van der Waals surface area contributed by atoms with Crippen LogP contribution in [0.15, 0.2) is 36.4 Å². The van der Waals surface area contributed by atoms with Crippen molar-refractivity contribution >= 4 is 17.5 Å². The minimum Gasteiger partial charge on any atom is -0.351 e. The van der Waals surface area contributed by atoms with Gasteiger partial charge in [-0.3, -0.25) is 0 Å². The number of hydrogen-bond donors (Lipinski definition) is 2. The maximum absolute atomic E-state index is 4.59. The van der Waals surface area contributed by atoms with Gasteiger partial charge in [0.25, 0.3) is 0 Å². The Balaban J connectivity index is 1.73. The molecule has 0 aliphatic heterocycles. The van der Waals surface area contributed by atoms with E-state index in [0.29, 0.717) is 6.04 Å². The van der Waals surface area contributed by atoms with Crippen molar-refractivity contribution in [3.05, 3.63) is 42.1 Å². The molecule has 2 N–H and O–H groups in total. The van der Waals surface area contributed by atoms with E-state index in [0.717, 1.165) is 23.1 Å². The van der Waals surface area contributed by atoms with Crippen LogP contribution >= 0.6 is 0 Å². The topological polar surface area (TPSA) is 49.8 Å². The van der Waals surface area contributed by atoms with Crippen molar-refractivity contribution in [1.82, 2.24) is 9.97 Å². The summed E-state index contributed by atoms with van der Waals surface area (Å²) in [4.78, 5) is 9.10. The quantitative estimate of drug-likeness (QED) is 0.879. The van der Waals surface area contributed by atoms with E-state index >= 15 is 0 Å². The number of anilines is 3. The molecule has 1 aromatic carbocycles. The molecule has 1 saturated carbocycles. The third-order valence-corrected chi connectivity index (χ3v) is 3.84. The second-order valence-electron chi connectivity index (χ2n) is 5.69. The van der Waals surface area contributed by atoms with Crippen LogP contribution in [0, 0.1) is 6.92 Å². The van der Waals surface area contributed by atoms with Gasteiger partial charge in [-0.15, -0.1) is 0 Å². The summed E-state index contributed by atoms with van der Waals surface area (Å²) in [5, 5.41) is 6.82. The monoisotopic (exact) mass is 282 g/mol. The largest absolute Gasteiger partial charge is 0.351 e. The number of benzene rings is 1. The zero-order valence-corrected chi connectivity index (χ0v) is 12.5. The normalized spacial score (nSPS) is 15.7. The summed E-state index contributed by atoms with van der Waals surface area (Å²) in [6, 6.07) is 12.6. The molecule has 1 aliphatic carbocycles. The molecular formula is C17H22N4.